The van der Waals surface area contributed by atoms with E-state index >= 15 is 0 Å². The third-order valence-corrected chi connectivity index (χ3v) is 4.63. The first-order valence-corrected chi connectivity index (χ1v) is 9.26. The molecule has 3 rings (SSSR count). The van der Waals surface area contributed by atoms with Crippen molar-refractivity contribution < 1.29 is 0 Å². The van der Waals surface area contributed by atoms with Crippen molar-refractivity contribution in [2.75, 3.05) is 24.4 Å². The summed E-state index contributed by atoms with van der Waals surface area (Å²) in [6.45, 7) is 2.09. The van der Waals surface area contributed by atoms with Gasteiger partial charge in [-0.15, -0.1) is 5.10 Å². The Morgan fingerprint density at radius 1 is 1.19 bits per heavy atom. The Kier molecular flexibility index (Phi) is 5.91. The maximum Gasteiger partial charge on any atom is 0.240 e. The van der Waals surface area contributed by atoms with Crippen LogP contribution in [0.15, 0.2) is 58.8 Å². The van der Waals surface area contributed by atoms with E-state index in [-0.39, 0.29) is 0 Å². The van der Waals surface area contributed by atoms with Gasteiger partial charge in [-0.1, -0.05) is 53.7 Å². The Bertz CT molecular complexity index is 870. The summed E-state index contributed by atoms with van der Waals surface area (Å²) in [6, 6.07) is 16.6. The zero-order chi connectivity index (χ0) is 18.4. The molecule has 0 saturated carbocycles. The largest absolute Gasteiger partial charge is 0.378 e. The average molecular weight is 366 g/mol. The van der Waals surface area contributed by atoms with Gasteiger partial charge in [0.2, 0.25) is 11.1 Å². The zero-order valence-corrected chi connectivity index (χ0v) is 15.9. The van der Waals surface area contributed by atoms with Gasteiger partial charge in [-0.25, -0.2) is 10.5 Å². The van der Waals surface area contributed by atoms with Crippen LogP contribution in [0.1, 0.15) is 16.7 Å². The number of anilines is 2. The summed E-state index contributed by atoms with van der Waals surface area (Å²) in [5, 5.41) is 11.9. The first kappa shape index (κ1) is 18.0. The van der Waals surface area contributed by atoms with Crippen LogP contribution >= 0.6 is 11.8 Å². The minimum Gasteiger partial charge on any atom is -0.378 e. The fraction of sp³-hybridized carbons (Fsp3) is 0.211. The van der Waals surface area contributed by atoms with Crippen molar-refractivity contribution in [2.24, 2.45) is 5.10 Å². The molecular weight excluding hydrogens is 344 g/mol. The smallest absolute Gasteiger partial charge is 0.240 e. The number of aromatic nitrogens is 3. The molecule has 1 aromatic heterocycles. The second kappa shape index (κ2) is 8.53. The summed E-state index contributed by atoms with van der Waals surface area (Å²) in [4.78, 5) is 6.44. The van der Waals surface area contributed by atoms with Gasteiger partial charge >= 0.3 is 0 Å². The van der Waals surface area contributed by atoms with E-state index in [2.05, 4.69) is 73.9 Å². The third kappa shape index (κ3) is 5.10. The Morgan fingerprint density at radius 3 is 2.73 bits per heavy atom. The first-order chi connectivity index (χ1) is 12.6. The summed E-state index contributed by atoms with van der Waals surface area (Å²) in [7, 11) is 4.03. The molecule has 0 bridgehead atoms. The van der Waals surface area contributed by atoms with E-state index in [1.807, 2.05) is 26.2 Å². The maximum atomic E-state index is 4.38. The highest BCUT2D eigenvalue weighted by atomic mass is 32.2. The number of hydrazone groups is 1. The van der Waals surface area contributed by atoms with E-state index < -0.39 is 0 Å². The molecule has 6 nitrogen and oxygen atoms in total. The molecule has 0 aliphatic rings. The van der Waals surface area contributed by atoms with Crippen LogP contribution in [-0.2, 0) is 5.75 Å². The Labute approximate surface area is 157 Å². The summed E-state index contributed by atoms with van der Waals surface area (Å²) < 4.78 is 0. The maximum absolute atomic E-state index is 4.38. The summed E-state index contributed by atoms with van der Waals surface area (Å²) >= 11 is 1.59. The van der Waals surface area contributed by atoms with Gasteiger partial charge in [-0.3, -0.25) is 0 Å². The predicted octanol–water partition coefficient (Wildman–Crippen LogP) is 3.92. The molecule has 26 heavy (non-hydrogen) atoms. The number of rotatable bonds is 7. The first-order valence-electron chi connectivity index (χ1n) is 8.27. The second-order valence-electron chi connectivity index (χ2n) is 6.10. The lowest BCUT2D eigenvalue weighted by Crippen LogP contribution is -2.08. The number of benzene rings is 2. The SMILES string of the molecule is Cc1cccc(CSc2n[nH]c(N/N=C\c3ccc(N(C)C)cc3)n2)c1. The molecule has 0 saturated heterocycles. The van der Waals surface area contributed by atoms with Crippen molar-refractivity contribution in [1.82, 2.24) is 15.2 Å². The van der Waals surface area contributed by atoms with Gasteiger partial charge in [0, 0.05) is 25.5 Å². The zero-order valence-electron chi connectivity index (χ0n) is 15.1. The molecule has 0 unspecified atom stereocenters. The number of aromatic amines is 1. The molecule has 0 aliphatic heterocycles. The molecule has 0 amide bonds. The highest BCUT2D eigenvalue weighted by Gasteiger charge is 2.04. The molecule has 2 N–H and O–H groups in total. The molecule has 134 valence electrons. The number of hydrogen-bond acceptors (Lipinski definition) is 6. The summed E-state index contributed by atoms with van der Waals surface area (Å²) in [5.74, 6) is 1.36. The fourth-order valence-corrected chi connectivity index (χ4v) is 3.08. The van der Waals surface area contributed by atoms with E-state index in [1.54, 1.807) is 18.0 Å². The quantitative estimate of drug-likeness (QED) is 0.377. The van der Waals surface area contributed by atoms with Gasteiger partial charge in [0.1, 0.15) is 0 Å². The molecule has 0 fully saturated rings. The molecule has 1 heterocycles. The van der Waals surface area contributed by atoms with Crippen molar-refractivity contribution in [3.63, 3.8) is 0 Å². The van der Waals surface area contributed by atoms with E-state index in [0.29, 0.717) is 11.1 Å². The van der Waals surface area contributed by atoms with Crippen LogP contribution in [-0.4, -0.2) is 35.5 Å². The van der Waals surface area contributed by atoms with Crippen LogP contribution in [0, 0.1) is 6.92 Å². The van der Waals surface area contributed by atoms with E-state index in [0.717, 1.165) is 17.0 Å². The van der Waals surface area contributed by atoms with Crippen molar-refractivity contribution in [2.45, 2.75) is 17.8 Å². The van der Waals surface area contributed by atoms with E-state index in [4.69, 9.17) is 0 Å². The number of thioether (sulfide) groups is 1. The molecule has 0 aliphatic carbocycles. The third-order valence-electron chi connectivity index (χ3n) is 3.71. The molecule has 0 spiro atoms. The highest BCUT2D eigenvalue weighted by molar-refractivity contribution is 7.98. The van der Waals surface area contributed by atoms with Crippen LogP contribution in [0.25, 0.3) is 0 Å². The standard InChI is InChI=1S/C19H22N6S/c1-14-5-4-6-16(11-14)13-26-19-21-18(23-24-19)22-20-12-15-7-9-17(10-8-15)25(2)3/h4-12H,13H2,1-3H3,(H2,21,22,23,24)/b20-12-. The monoisotopic (exact) mass is 366 g/mol. The Hall–Kier alpha value is -2.80. The minimum absolute atomic E-state index is 0.526. The Balaban J connectivity index is 1.51. The van der Waals surface area contributed by atoms with E-state index in [1.165, 1.54) is 11.1 Å². The number of nitrogens with one attached hydrogen (secondary N) is 2. The van der Waals surface area contributed by atoms with Crippen LogP contribution in [0.2, 0.25) is 0 Å². The lowest BCUT2D eigenvalue weighted by molar-refractivity contribution is 0.972. The van der Waals surface area contributed by atoms with Crippen molar-refractivity contribution >= 4 is 29.6 Å². The second-order valence-corrected chi connectivity index (χ2v) is 7.04. The predicted molar refractivity (Wildman–Crippen MR) is 109 cm³/mol. The van der Waals surface area contributed by atoms with Crippen molar-refractivity contribution in [3.05, 3.63) is 65.2 Å². The summed E-state index contributed by atoms with van der Waals surface area (Å²) in [6.07, 6.45) is 1.75. The van der Waals surface area contributed by atoms with Crippen molar-refractivity contribution in [3.8, 4) is 0 Å². The number of aryl methyl sites for hydroxylation is 1. The van der Waals surface area contributed by atoms with Crippen LogP contribution < -0.4 is 10.3 Å². The van der Waals surface area contributed by atoms with Crippen LogP contribution in [0.3, 0.4) is 0 Å². The normalized spacial score (nSPS) is 11.0. The molecule has 7 heteroatoms. The minimum atomic E-state index is 0.526. The van der Waals surface area contributed by atoms with Gasteiger partial charge in [0.15, 0.2) is 0 Å². The van der Waals surface area contributed by atoms with E-state index in [9.17, 15) is 0 Å². The topological polar surface area (TPSA) is 69.2 Å². The van der Waals surface area contributed by atoms with Crippen LogP contribution in [0.4, 0.5) is 11.6 Å². The van der Waals surface area contributed by atoms with Crippen LogP contribution in [0.5, 0.6) is 0 Å². The Morgan fingerprint density at radius 2 is 2.00 bits per heavy atom. The van der Waals surface area contributed by atoms with Crippen molar-refractivity contribution in [1.29, 1.82) is 0 Å². The van der Waals surface area contributed by atoms with Gasteiger partial charge < -0.3 is 4.90 Å². The lowest BCUT2D eigenvalue weighted by atomic mass is 10.2. The fourth-order valence-electron chi connectivity index (χ4n) is 2.34. The van der Waals surface area contributed by atoms with Gasteiger partial charge in [0.25, 0.3) is 0 Å². The van der Waals surface area contributed by atoms with Gasteiger partial charge in [0.05, 0.1) is 6.21 Å². The van der Waals surface area contributed by atoms with Gasteiger partial charge in [-0.2, -0.15) is 10.1 Å². The average Bonchev–Trinajstić information content (AvgIpc) is 3.08. The van der Waals surface area contributed by atoms with Gasteiger partial charge in [-0.05, 0) is 30.2 Å². The number of H-pyrrole nitrogens is 1. The molecule has 2 aromatic carbocycles. The molecular formula is C19H22N6S. The molecule has 0 atom stereocenters. The summed E-state index contributed by atoms with van der Waals surface area (Å²) in [5.41, 5.74) is 7.55. The highest BCUT2D eigenvalue weighted by Crippen LogP contribution is 2.20. The lowest BCUT2D eigenvalue weighted by Gasteiger charge is -2.11. The molecule has 3 aromatic rings. The molecule has 0 radical (unpaired) electrons. The number of hydrogen-bond donors (Lipinski definition) is 2. The number of nitrogens with zero attached hydrogens (tertiary/aromatic N) is 4.